The van der Waals surface area contributed by atoms with E-state index in [1.165, 1.54) is 0 Å². The van der Waals surface area contributed by atoms with Crippen LogP contribution in [0.5, 0.6) is 0 Å². The second-order valence-corrected chi connectivity index (χ2v) is 4.52. The van der Waals surface area contributed by atoms with E-state index in [0.29, 0.717) is 11.8 Å². The molecule has 1 aromatic heterocycles. The number of rotatable bonds is 4. The standard InChI is InChI=1S/C10H5F4N3O2S/c11-6-1-7(12)9(14)10(8(6)13)20-4-16-3-5(2-15-16)17(18)19/h1-3H,4H2. The second kappa shape index (κ2) is 5.49. The minimum absolute atomic E-state index is 0.105. The largest absolute Gasteiger partial charge is 0.307 e. The molecular weight excluding hydrogens is 302 g/mol. The van der Waals surface area contributed by atoms with E-state index in [9.17, 15) is 27.7 Å². The van der Waals surface area contributed by atoms with E-state index in [1.54, 1.807) is 0 Å². The average Bonchev–Trinajstić information content (AvgIpc) is 2.85. The molecule has 1 aromatic carbocycles. The molecule has 0 aliphatic rings. The molecule has 0 aliphatic heterocycles. The van der Waals surface area contributed by atoms with Crippen LogP contribution in [-0.4, -0.2) is 14.7 Å². The van der Waals surface area contributed by atoms with Gasteiger partial charge in [-0.3, -0.25) is 14.8 Å². The lowest BCUT2D eigenvalue weighted by atomic mass is 10.3. The molecule has 0 spiro atoms. The second-order valence-electron chi connectivity index (χ2n) is 3.57. The summed E-state index contributed by atoms with van der Waals surface area (Å²) in [5.41, 5.74) is -0.308. The summed E-state index contributed by atoms with van der Waals surface area (Å²) in [4.78, 5) is 8.87. The van der Waals surface area contributed by atoms with Crippen LogP contribution in [0.4, 0.5) is 23.2 Å². The highest BCUT2D eigenvalue weighted by atomic mass is 32.2. The van der Waals surface area contributed by atoms with Gasteiger partial charge in [0.2, 0.25) is 0 Å². The van der Waals surface area contributed by atoms with Crippen molar-refractivity contribution in [1.82, 2.24) is 9.78 Å². The van der Waals surface area contributed by atoms with Crippen LogP contribution in [0, 0.1) is 33.4 Å². The number of benzene rings is 1. The molecular formula is C10H5F4N3O2S. The van der Waals surface area contributed by atoms with Gasteiger partial charge in [-0.2, -0.15) is 5.10 Å². The van der Waals surface area contributed by atoms with Crippen LogP contribution in [0.1, 0.15) is 0 Å². The maximum Gasteiger partial charge on any atom is 0.307 e. The van der Waals surface area contributed by atoms with E-state index >= 15 is 0 Å². The molecule has 0 radical (unpaired) electrons. The fourth-order valence-corrected chi connectivity index (χ4v) is 2.18. The molecule has 0 aliphatic carbocycles. The van der Waals surface area contributed by atoms with E-state index < -0.39 is 33.1 Å². The maximum absolute atomic E-state index is 13.3. The zero-order valence-corrected chi connectivity index (χ0v) is 10.3. The highest BCUT2D eigenvalue weighted by Gasteiger charge is 2.20. The van der Waals surface area contributed by atoms with Crippen LogP contribution in [0.15, 0.2) is 23.4 Å². The predicted octanol–water partition coefficient (Wildman–Crippen LogP) is 3.10. The van der Waals surface area contributed by atoms with Gasteiger partial charge in [-0.05, 0) is 0 Å². The van der Waals surface area contributed by atoms with Gasteiger partial charge in [0.05, 0.1) is 15.7 Å². The number of thioether (sulfide) groups is 1. The Morgan fingerprint density at radius 2 is 1.85 bits per heavy atom. The zero-order chi connectivity index (χ0) is 14.9. The van der Waals surface area contributed by atoms with Crippen LogP contribution in [0.3, 0.4) is 0 Å². The van der Waals surface area contributed by atoms with Gasteiger partial charge < -0.3 is 0 Å². The van der Waals surface area contributed by atoms with Crippen molar-refractivity contribution in [3.63, 3.8) is 0 Å². The van der Waals surface area contributed by atoms with E-state index in [4.69, 9.17) is 0 Å². The minimum atomic E-state index is -1.52. The third-order valence-corrected chi connectivity index (χ3v) is 3.28. The molecule has 0 unspecified atom stereocenters. The molecule has 0 saturated carbocycles. The number of nitro groups is 1. The van der Waals surface area contributed by atoms with Crippen molar-refractivity contribution in [3.8, 4) is 0 Å². The molecule has 106 valence electrons. The molecule has 0 saturated heterocycles. The van der Waals surface area contributed by atoms with E-state index in [1.807, 2.05) is 0 Å². The molecule has 5 nitrogen and oxygen atoms in total. The zero-order valence-electron chi connectivity index (χ0n) is 9.52. The summed E-state index contributed by atoms with van der Waals surface area (Å²) >= 11 is 0.428. The average molecular weight is 307 g/mol. The molecule has 10 heteroatoms. The molecule has 0 bridgehead atoms. The van der Waals surface area contributed by atoms with Crippen LogP contribution < -0.4 is 0 Å². The first-order valence-corrected chi connectivity index (χ1v) is 6.01. The topological polar surface area (TPSA) is 61.0 Å². The first-order valence-electron chi connectivity index (χ1n) is 5.02. The van der Waals surface area contributed by atoms with E-state index in [-0.39, 0.29) is 17.6 Å². The molecule has 0 fully saturated rings. The number of nitrogens with zero attached hydrogens (tertiary/aromatic N) is 3. The van der Waals surface area contributed by atoms with Gasteiger partial charge in [0.1, 0.15) is 12.4 Å². The van der Waals surface area contributed by atoms with Crippen molar-refractivity contribution in [1.29, 1.82) is 0 Å². The number of hydrogen-bond donors (Lipinski definition) is 0. The lowest BCUT2D eigenvalue weighted by Crippen LogP contribution is -2.00. The van der Waals surface area contributed by atoms with Gasteiger partial charge in [0, 0.05) is 6.07 Å². The van der Waals surface area contributed by atoms with Crippen LogP contribution >= 0.6 is 11.8 Å². The Labute approximate surface area is 113 Å². The van der Waals surface area contributed by atoms with E-state index in [2.05, 4.69) is 5.10 Å². The summed E-state index contributed by atoms with van der Waals surface area (Å²) in [6, 6.07) is 0.105. The molecule has 0 N–H and O–H groups in total. The summed E-state index contributed by atoms with van der Waals surface area (Å²) in [6.07, 6.45) is 1.97. The summed E-state index contributed by atoms with van der Waals surface area (Å²) in [5.74, 6) is -6.31. The fraction of sp³-hybridized carbons (Fsp3) is 0.100. The maximum atomic E-state index is 13.3. The van der Waals surface area contributed by atoms with Gasteiger partial charge in [-0.1, -0.05) is 11.8 Å². The summed E-state index contributed by atoms with van der Waals surface area (Å²) in [7, 11) is 0. The summed E-state index contributed by atoms with van der Waals surface area (Å²) in [6.45, 7) is 0. The molecule has 0 amide bonds. The quantitative estimate of drug-likeness (QED) is 0.286. The summed E-state index contributed by atoms with van der Waals surface area (Å²) < 4.78 is 53.6. The van der Waals surface area contributed by atoms with Gasteiger partial charge in [0.15, 0.2) is 23.3 Å². The highest BCUT2D eigenvalue weighted by molar-refractivity contribution is 7.98. The van der Waals surface area contributed by atoms with Crippen molar-refractivity contribution >= 4 is 17.4 Å². The van der Waals surface area contributed by atoms with Gasteiger partial charge in [-0.25, -0.2) is 17.6 Å². The monoisotopic (exact) mass is 307 g/mol. The predicted molar refractivity (Wildman–Crippen MR) is 61.0 cm³/mol. The smallest absolute Gasteiger partial charge is 0.258 e. The van der Waals surface area contributed by atoms with Crippen LogP contribution in [0.25, 0.3) is 0 Å². The fourth-order valence-electron chi connectivity index (χ4n) is 1.33. The SMILES string of the molecule is O=[N+]([O-])c1cnn(CSc2c(F)c(F)cc(F)c2F)c1. The first-order chi connectivity index (χ1) is 9.40. The van der Waals surface area contributed by atoms with Crippen molar-refractivity contribution < 1.29 is 22.5 Å². The van der Waals surface area contributed by atoms with Crippen molar-refractivity contribution in [2.45, 2.75) is 10.8 Å². The molecule has 20 heavy (non-hydrogen) atoms. The molecule has 0 atom stereocenters. The van der Waals surface area contributed by atoms with E-state index in [0.717, 1.165) is 17.1 Å². The first kappa shape index (κ1) is 14.3. The van der Waals surface area contributed by atoms with Gasteiger partial charge in [-0.15, -0.1) is 0 Å². The summed E-state index contributed by atoms with van der Waals surface area (Å²) in [5, 5.41) is 14.0. The number of aromatic nitrogens is 2. The van der Waals surface area contributed by atoms with Gasteiger partial charge >= 0.3 is 5.69 Å². The minimum Gasteiger partial charge on any atom is -0.258 e. The Bertz CT molecular complexity index is 651. The Kier molecular flexibility index (Phi) is 3.93. The highest BCUT2D eigenvalue weighted by Crippen LogP contribution is 2.29. The van der Waals surface area contributed by atoms with Crippen LogP contribution in [-0.2, 0) is 5.88 Å². The van der Waals surface area contributed by atoms with Crippen molar-refractivity contribution in [3.05, 3.63) is 51.8 Å². The third kappa shape index (κ3) is 2.74. The lowest BCUT2D eigenvalue weighted by Gasteiger charge is -2.06. The Hall–Kier alpha value is -2.10. The molecule has 2 rings (SSSR count). The molecule has 2 aromatic rings. The Morgan fingerprint density at radius 3 is 2.35 bits per heavy atom. The van der Waals surface area contributed by atoms with Crippen molar-refractivity contribution in [2.75, 3.05) is 0 Å². The number of halogens is 4. The number of hydrogen-bond acceptors (Lipinski definition) is 4. The Morgan fingerprint density at radius 1 is 1.25 bits per heavy atom. The van der Waals surface area contributed by atoms with Gasteiger partial charge in [0.25, 0.3) is 0 Å². The Balaban J connectivity index is 2.20. The molecule has 1 heterocycles. The lowest BCUT2D eigenvalue weighted by molar-refractivity contribution is -0.385. The van der Waals surface area contributed by atoms with Crippen LogP contribution in [0.2, 0.25) is 0 Å². The van der Waals surface area contributed by atoms with Crippen molar-refractivity contribution in [2.24, 2.45) is 0 Å². The normalized spacial score (nSPS) is 10.8. The third-order valence-electron chi connectivity index (χ3n) is 2.24.